The lowest BCUT2D eigenvalue weighted by molar-refractivity contribution is 0.433. The molecule has 0 spiro atoms. The summed E-state index contributed by atoms with van der Waals surface area (Å²) in [6, 6.07) is 18.5. The normalized spacial score (nSPS) is 10.6. The standard InChI is InChI=1S/C15H11ClN2O/c16-13-9-5-4-8-12(13)14-10-15(19)18(17-14)11-6-2-1-3-7-11/h1-10,19H. The van der Waals surface area contributed by atoms with Gasteiger partial charge in [0.1, 0.15) is 0 Å². The predicted molar refractivity (Wildman–Crippen MR) is 75.7 cm³/mol. The molecule has 0 unspecified atom stereocenters. The quantitative estimate of drug-likeness (QED) is 0.767. The van der Waals surface area contributed by atoms with E-state index in [1.54, 1.807) is 12.1 Å². The van der Waals surface area contributed by atoms with E-state index in [1.807, 2.05) is 48.5 Å². The molecule has 0 aliphatic heterocycles. The summed E-state index contributed by atoms with van der Waals surface area (Å²) in [7, 11) is 0. The maximum absolute atomic E-state index is 9.99. The summed E-state index contributed by atoms with van der Waals surface area (Å²) >= 11 is 6.14. The molecule has 4 heteroatoms. The second-order valence-electron chi connectivity index (χ2n) is 4.11. The van der Waals surface area contributed by atoms with Gasteiger partial charge in [0.05, 0.1) is 16.4 Å². The Labute approximate surface area is 115 Å². The van der Waals surface area contributed by atoms with Crippen molar-refractivity contribution in [3.05, 3.63) is 65.7 Å². The van der Waals surface area contributed by atoms with Gasteiger partial charge in [-0.3, -0.25) is 0 Å². The number of aromatic nitrogens is 2. The second-order valence-corrected chi connectivity index (χ2v) is 4.52. The number of halogens is 1. The Bertz CT molecular complexity index is 707. The lowest BCUT2D eigenvalue weighted by atomic mass is 10.1. The average molecular weight is 271 g/mol. The molecule has 94 valence electrons. The van der Waals surface area contributed by atoms with Crippen LogP contribution in [0.15, 0.2) is 60.7 Å². The minimum absolute atomic E-state index is 0.0844. The molecular formula is C15H11ClN2O. The molecule has 0 amide bonds. The molecule has 19 heavy (non-hydrogen) atoms. The van der Waals surface area contributed by atoms with Crippen molar-refractivity contribution in [1.29, 1.82) is 0 Å². The minimum Gasteiger partial charge on any atom is -0.493 e. The molecule has 1 N–H and O–H groups in total. The molecule has 0 aliphatic rings. The predicted octanol–water partition coefficient (Wildman–Crippen LogP) is 3.90. The molecule has 3 nitrogen and oxygen atoms in total. The van der Waals surface area contributed by atoms with Crippen LogP contribution >= 0.6 is 11.6 Å². The molecular weight excluding hydrogens is 260 g/mol. The van der Waals surface area contributed by atoms with Crippen LogP contribution in [-0.4, -0.2) is 14.9 Å². The SMILES string of the molecule is Oc1cc(-c2ccccc2Cl)nn1-c1ccccc1. The molecule has 0 atom stereocenters. The van der Waals surface area contributed by atoms with Crippen molar-refractivity contribution < 1.29 is 5.11 Å². The zero-order valence-corrected chi connectivity index (χ0v) is 10.7. The molecule has 3 aromatic rings. The van der Waals surface area contributed by atoms with Crippen LogP contribution in [0.4, 0.5) is 0 Å². The average Bonchev–Trinajstić information content (AvgIpc) is 2.82. The number of nitrogens with zero attached hydrogens (tertiary/aromatic N) is 2. The summed E-state index contributed by atoms with van der Waals surface area (Å²) in [6.07, 6.45) is 0. The fraction of sp³-hybridized carbons (Fsp3) is 0. The van der Waals surface area contributed by atoms with Gasteiger partial charge < -0.3 is 5.11 Å². The van der Waals surface area contributed by atoms with Gasteiger partial charge in [-0.15, -0.1) is 0 Å². The molecule has 2 aromatic carbocycles. The summed E-state index contributed by atoms with van der Waals surface area (Å²) in [6.45, 7) is 0. The molecule has 0 bridgehead atoms. The van der Waals surface area contributed by atoms with Crippen LogP contribution in [-0.2, 0) is 0 Å². The Morgan fingerprint density at radius 2 is 1.63 bits per heavy atom. The number of benzene rings is 2. The maximum atomic E-state index is 9.99. The van der Waals surface area contributed by atoms with Crippen LogP contribution in [0.3, 0.4) is 0 Å². The van der Waals surface area contributed by atoms with E-state index in [9.17, 15) is 5.11 Å². The van der Waals surface area contributed by atoms with Gasteiger partial charge in [-0.05, 0) is 18.2 Å². The van der Waals surface area contributed by atoms with Gasteiger partial charge in [0.25, 0.3) is 0 Å². The van der Waals surface area contributed by atoms with Crippen LogP contribution in [0.25, 0.3) is 16.9 Å². The lowest BCUT2D eigenvalue weighted by Crippen LogP contribution is -1.95. The second kappa shape index (κ2) is 4.78. The molecule has 0 radical (unpaired) electrons. The van der Waals surface area contributed by atoms with Gasteiger partial charge in [0, 0.05) is 11.6 Å². The molecule has 3 rings (SSSR count). The van der Waals surface area contributed by atoms with E-state index in [0.717, 1.165) is 11.3 Å². The maximum Gasteiger partial charge on any atom is 0.214 e. The smallest absolute Gasteiger partial charge is 0.214 e. The minimum atomic E-state index is 0.0844. The molecule has 0 saturated heterocycles. The van der Waals surface area contributed by atoms with Gasteiger partial charge in [-0.2, -0.15) is 5.10 Å². The van der Waals surface area contributed by atoms with E-state index in [0.29, 0.717) is 10.7 Å². The van der Waals surface area contributed by atoms with Gasteiger partial charge in [0.15, 0.2) is 0 Å². The summed E-state index contributed by atoms with van der Waals surface area (Å²) in [5.74, 6) is 0.0844. The Hall–Kier alpha value is -2.26. The third-order valence-corrected chi connectivity index (χ3v) is 3.17. The number of aromatic hydroxyl groups is 1. The van der Waals surface area contributed by atoms with Crippen molar-refractivity contribution in [3.63, 3.8) is 0 Å². The molecule has 1 heterocycles. The van der Waals surface area contributed by atoms with E-state index in [4.69, 9.17) is 11.6 Å². The Morgan fingerprint density at radius 3 is 2.37 bits per heavy atom. The molecule has 0 saturated carbocycles. The topological polar surface area (TPSA) is 38.1 Å². The third kappa shape index (κ3) is 2.20. The first-order chi connectivity index (χ1) is 9.25. The van der Waals surface area contributed by atoms with Gasteiger partial charge in [-0.1, -0.05) is 48.0 Å². The largest absolute Gasteiger partial charge is 0.493 e. The van der Waals surface area contributed by atoms with E-state index < -0.39 is 0 Å². The van der Waals surface area contributed by atoms with E-state index in [1.165, 1.54) is 4.68 Å². The highest BCUT2D eigenvalue weighted by molar-refractivity contribution is 6.33. The third-order valence-electron chi connectivity index (χ3n) is 2.84. The van der Waals surface area contributed by atoms with E-state index >= 15 is 0 Å². The van der Waals surface area contributed by atoms with E-state index in [-0.39, 0.29) is 5.88 Å². The zero-order valence-electron chi connectivity index (χ0n) is 9.99. The highest BCUT2D eigenvalue weighted by atomic mass is 35.5. The number of rotatable bonds is 2. The number of hydrogen-bond donors (Lipinski definition) is 1. The fourth-order valence-corrected chi connectivity index (χ4v) is 2.16. The Kier molecular flexibility index (Phi) is 2.97. The summed E-state index contributed by atoms with van der Waals surface area (Å²) in [4.78, 5) is 0. The highest BCUT2D eigenvalue weighted by Crippen LogP contribution is 2.30. The van der Waals surface area contributed by atoms with Crippen LogP contribution in [0.5, 0.6) is 5.88 Å². The van der Waals surface area contributed by atoms with Crippen molar-refractivity contribution in [3.8, 4) is 22.8 Å². The highest BCUT2D eigenvalue weighted by Gasteiger charge is 2.11. The number of para-hydroxylation sites is 1. The fourth-order valence-electron chi connectivity index (χ4n) is 1.93. The summed E-state index contributed by atoms with van der Waals surface area (Å²) in [5, 5.41) is 15.0. The van der Waals surface area contributed by atoms with Crippen LogP contribution in [0.2, 0.25) is 5.02 Å². The van der Waals surface area contributed by atoms with Gasteiger partial charge in [-0.25, -0.2) is 4.68 Å². The van der Waals surface area contributed by atoms with Crippen molar-refractivity contribution in [1.82, 2.24) is 9.78 Å². The summed E-state index contributed by atoms with van der Waals surface area (Å²) < 4.78 is 1.48. The van der Waals surface area contributed by atoms with Gasteiger partial charge >= 0.3 is 0 Å². The monoisotopic (exact) mass is 270 g/mol. The Morgan fingerprint density at radius 1 is 0.947 bits per heavy atom. The Balaban J connectivity index is 2.10. The zero-order chi connectivity index (χ0) is 13.2. The van der Waals surface area contributed by atoms with E-state index in [2.05, 4.69) is 5.10 Å². The first-order valence-electron chi connectivity index (χ1n) is 5.85. The van der Waals surface area contributed by atoms with Crippen molar-refractivity contribution in [2.75, 3.05) is 0 Å². The van der Waals surface area contributed by atoms with Crippen molar-refractivity contribution >= 4 is 11.6 Å². The van der Waals surface area contributed by atoms with Crippen LogP contribution in [0.1, 0.15) is 0 Å². The first kappa shape index (κ1) is 11.8. The lowest BCUT2D eigenvalue weighted by Gasteiger charge is -2.02. The molecule has 1 aromatic heterocycles. The van der Waals surface area contributed by atoms with Crippen LogP contribution < -0.4 is 0 Å². The van der Waals surface area contributed by atoms with Crippen molar-refractivity contribution in [2.24, 2.45) is 0 Å². The first-order valence-corrected chi connectivity index (χ1v) is 6.23. The molecule has 0 fully saturated rings. The van der Waals surface area contributed by atoms with Gasteiger partial charge in [0.2, 0.25) is 5.88 Å². The summed E-state index contributed by atoms with van der Waals surface area (Å²) in [5.41, 5.74) is 2.25. The van der Waals surface area contributed by atoms with Crippen molar-refractivity contribution in [2.45, 2.75) is 0 Å². The van der Waals surface area contributed by atoms with Crippen LogP contribution in [0, 0.1) is 0 Å². The molecule has 0 aliphatic carbocycles. The number of hydrogen-bond acceptors (Lipinski definition) is 2.